The number of esters is 1. The molecule has 5 heteroatoms. The quantitative estimate of drug-likeness (QED) is 0.329. The Morgan fingerprint density at radius 1 is 0.923 bits per heavy atom. The molecule has 1 unspecified atom stereocenters. The summed E-state index contributed by atoms with van der Waals surface area (Å²) in [6.45, 7) is 4.23. The van der Waals surface area contributed by atoms with Crippen molar-refractivity contribution in [3.8, 4) is 0 Å². The van der Waals surface area contributed by atoms with Crippen molar-refractivity contribution in [2.24, 2.45) is 5.92 Å². The van der Waals surface area contributed by atoms with Crippen LogP contribution in [0.1, 0.15) is 71.6 Å². The van der Waals surface area contributed by atoms with Crippen LogP contribution in [0.2, 0.25) is 0 Å². The number of sulfone groups is 1. The molecule has 1 aromatic carbocycles. The molecule has 0 aromatic heterocycles. The first kappa shape index (κ1) is 22.7. The van der Waals surface area contributed by atoms with Gasteiger partial charge < -0.3 is 4.74 Å². The molecule has 148 valence electrons. The van der Waals surface area contributed by atoms with E-state index in [4.69, 9.17) is 4.74 Å². The van der Waals surface area contributed by atoms with Gasteiger partial charge in [0.2, 0.25) is 0 Å². The topological polar surface area (TPSA) is 60.4 Å². The summed E-state index contributed by atoms with van der Waals surface area (Å²) in [7, 11) is -3.40. The van der Waals surface area contributed by atoms with Crippen LogP contribution in [0, 0.1) is 5.92 Å². The van der Waals surface area contributed by atoms with E-state index in [2.05, 4.69) is 13.8 Å². The molecule has 0 saturated carbocycles. The first-order valence-electron chi connectivity index (χ1n) is 9.95. The number of rotatable bonds is 14. The Hall–Kier alpha value is -1.36. The number of carbonyl (C=O) groups is 1. The van der Waals surface area contributed by atoms with Crippen LogP contribution in [-0.2, 0) is 19.4 Å². The van der Waals surface area contributed by atoms with Crippen molar-refractivity contribution in [3.63, 3.8) is 0 Å². The van der Waals surface area contributed by atoms with Crippen LogP contribution < -0.4 is 0 Å². The third kappa shape index (κ3) is 8.84. The number of benzene rings is 1. The number of hydrogen-bond acceptors (Lipinski definition) is 4. The summed E-state index contributed by atoms with van der Waals surface area (Å²) in [5.41, 5.74) is 0. The minimum atomic E-state index is -3.40. The molecule has 0 heterocycles. The SMILES string of the molecule is CCCCCCC(CCCCC)C(=O)OCCS(=O)(=O)c1ccccc1. The molecular formula is C21H34O4S. The fourth-order valence-corrected chi connectivity index (χ4v) is 4.06. The Labute approximate surface area is 159 Å². The lowest BCUT2D eigenvalue weighted by Gasteiger charge is -2.16. The predicted molar refractivity (Wildman–Crippen MR) is 106 cm³/mol. The molecule has 0 bridgehead atoms. The molecule has 4 nitrogen and oxygen atoms in total. The maximum Gasteiger partial charge on any atom is 0.308 e. The lowest BCUT2D eigenvalue weighted by molar-refractivity contribution is -0.148. The zero-order valence-corrected chi connectivity index (χ0v) is 17.1. The molecule has 0 aliphatic rings. The van der Waals surface area contributed by atoms with Gasteiger partial charge in [0.1, 0.15) is 6.61 Å². The molecule has 0 aliphatic carbocycles. The average molecular weight is 383 g/mol. The highest BCUT2D eigenvalue weighted by Crippen LogP contribution is 2.20. The van der Waals surface area contributed by atoms with Gasteiger partial charge in [0, 0.05) is 0 Å². The van der Waals surface area contributed by atoms with Crippen molar-refractivity contribution in [1.29, 1.82) is 0 Å². The minimum absolute atomic E-state index is 0.0741. The van der Waals surface area contributed by atoms with Crippen molar-refractivity contribution in [2.45, 2.75) is 76.5 Å². The maximum atomic E-state index is 12.4. The Kier molecular flexibility index (Phi) is 11.3. The zero-order chi connectivity index (χ0) is 19.3. The van der Waals surface area contributed by atoms with Crippen molar-refractivity contribution in [1.82, 2.24) is 0 Å². The third-order valence-corrected chi connectivity index (χ3v) is 6.29. The second-order valence-corrected chi connectivity index (χ2v) is 8.95. The molecule has 1 rings (SSSR count). The van der Waals surface area contributed by atoms with Crippen LogP contribution in [0.25, 0.3) is 0 Å². The Morgan fingerprint density at radius 2 is 1.50 bits per heavy atom. The number of ether oxygens (including phenoxy) is 1. The monoisotopic (exact) mass is 382 g/mol. The van der Waals surface area contributed by atoms with E-state index in [0.717, 1.165) is 44.9 Å². The van der Waals surface area contributed by atoms with Crippen molar-refractivity contribution in [3.05, 3.63) is 30.3 Å². The lowest BCUT2D eigenvalue weighted by atomic mass is 9.95. The highest BCUT2D eigenvalue weighted by atomic mass is 32.2. The van der Waals surface area contributed by atoms with E-state index in [9.17, 15) is 13.2 Å². The number of carbonyl (C=O) groups excluding carboxylic acids is 1. The molecule has 0 N–H and O–H groups in total. The van der Waals surface area contributed by atoms with Gasteiger partial charge in [-0.25, -0.2) is 8.42 Å². The number of unbranched alkanes of at least 4 members (excludes halogenated alkanes) is 5. The molecule has 0 fully saturated rings. The molecule has 26 heavy (non-hydrogen) atoms. The first-order chi connectivity index (χ1) is 12.5. The van der Waals surface area contributed by atoms with Gasteiger partial charge in [-0.15, -0.1) is 0 Å². The second-order valence-electron chi connectivity index (χ2n) is 6.84. The largest absolute Gasteiger partial charge is 0.464 e. The molecular weight excluding hydrogens is 348 g/mol. The summed E-state index contributed by atoms with van der Waals surface area (Å²) in [4.78, 5) is 12.7. The molecule has 0 radical (unpaired) electrons. The van der Waals surface area contributed by atoms with Gasteiger partial charge in [0.15, 0.2) is 9.84 Å². The zero-order valence-electron chi connectivity index (χ0n) is 16.3. The molecule has 0 aliphatic heterocycles. The summed E-state index contributed by atoms with van der Waals surface area (Å²) in [5, 5.41) is 0. The van der Waals surface area contributed by atoms with E-state index in [0.29, 0.717) is 0 Å². The van der Waals surface area contributed by atoms with Crippen LogP contribution in [0.4, 0.5) is 0 Å². The second kappa shape index (κ2) is 12.9. The van der Waals surface area contributed by atoms with Gasteiger partial charge in [-0.2, -0.15) is 0 Å². The Balaban J connectivity index is 2.48. The Bertz CT molecular complexity index is 596. The van der Waals surface area contributed by atoms with Crippen LogP contribution in [-0.4, -0.2) is 26.7 Å². The fourth-order valence-electron chi connectivity index (χ4n) is 2.95. The summed E-state index contributed by atoms with van der Waals surface area (Å²) in [5.74, 6) is -0.501. The van der Waals surface area contributed by atoms with Gasteiger partial charge >= 0.3 is 5.97 Å². The van der Waals surface area contributed by atoms with E-state index in [1.807, 2.05) is 0 Å². The first-order valence-corrected chi connectivity index (χ1v) is 11.6. The fraction of sp³-hybridized carbons (Fsp3) is 0.667. The van der Waals surface area contributed by atoms with E-state index in [1.54, 1.807) is 30.3 Å². The molecule has 1 atom stereocenters. The number of hydrogen-bond donors (Lipinski definition) is 0. The highest BCUT2D eigenvalue weighted by Gasteiger charge is 2.21. The van der Waals surface area contributed by atoms with Crippen LogP contribution in [0.15, 0.2) is 35.2 Å². The standard InChI is InChI=1S/C21H34O4S/c1-3-5-7-10-14-19(13-9-6-4-2)21(22)25-17-18-26(23,24)20-15-11-8-12-16-20/h8,11-12,15-16,19H,3-7,9-10,13-14,17-18H2,1-2H3. The normalized spacial score (nSPS) is 12.7. The molecule has 0 spiro atoms. The van der Waals surface area contributed by atoms with E-state index < -0.39 is 9.84 Å². The van der Waals surface area contributed by atoms with Crippen molar-refractivity contribution >= 4 is 15.8 Å². The van der Waals surface area contributed by atoms with Gasteiger partial charge in [0.25, 0.3) is 0 Å². The van der Waals surface area contributed by atoms with Gasteiger partial charge in [-0.3, -0.25) is 4.79 Å². The van der Waals surface area contributed by atoms with Crippen LogP contribution in [0.5, 0.6) is 0 Å². The summed E-state index contributed by atoms with van der Waals surface area (Å²) in [6.07, 6.45) is 9.45. The summed E-state index contributed by atoms with van der Waals surface area (Å²) < 4.78 is 29.8. The van der Waals surface area contributed by atoms with Gasteiger partial charge in [-0.1, -0.05) is 77.0 Å². The van der Waals surface area contributed by atoms with Crippen LogP contribution >= 0.6 is 0 Å². The minimum Gasteiger partial charge on any atom is -0.464 e. The van der Waals surface area contributed by atoms with Gasteiger partial charge in [0.05, 0.1) is 16.6 Å². The van der Waals surface area contributed by atoms with Gasteiger partial charge in [-0.05, 0) is 25.0 Å². The summed E-state index contributed by atoms with van der Waals surface area (Å²) >= 11 is 0. The predicted octanol–water partition coefficient (Wildman–Crippen LogP) is 5.17. The van der Waals surface area contributed by atoms with E-state index >= 15 is 0 Å². The smallest absolute Gasteiger partial charge is 0.308 e. The van der Waals surface area contributed by atoms with Crippen molar-refractivity contribution < 1.29 is 17.9 Å². The molecule has 0 amide bonds. The van der Waals surface area contributed by atoms with Crippen molar-refractivity contribution in [2.75, 3.05) is 12.4 Å². The van der Waals surface area contributed by atoms with E-state index in [-0.39, 0.29) is 29.1 Å². The summed E-state index contributed by atoms with van der Waals surface area (Å²) in [6, 6.07) is 8.30. The average Bonchev–Trinajstić information content (AvgIpc) is 2.64. The molecule has 1 aromatic rings. The Morgan fingerprint density at radius 3 is 2.12 bits per heavy atom. The molecule has 0 saturated heterocycles. The third-order valence-electron chi connectivity index (χ3n) is 4.59. The maximum absolute atomic E-state index is 12.4. The lowest BCUT2D eigenvalue weighted by Crippen LogP contribution is -2.22. The van der Waals surface area contributed by atoms with E-state index in [1.165, 1.54) is 12.8 Å². The van der Waals surface area contributed by atoms with Crippen LogP contribution in [0.3, 0.4) is 0 Å². The highest BCUT2D eigenvalue weighted by molar-refractivity contribution is 7.91.